The summed E-state index contributed by atoms with van der Waals surface area (Å²) in [6.07, 6.45) is -0.703. The summed E-state index contributed by atoms with van der Waals surface area (Å²) < 4.78 is 12.0. The molecule has 2 N–H and O–H groups in total. The summed E-state index contributed by atoms with van der Waals surface area (Å²) in [6, 6.07) is 11.0. The second kappa shape index (κ2) is 11.5. The average molecular weight is 527 g/mol. The molecule has 0 radical (unpaired) electrons. The first-order valence-electron chi connectivity index (χ1n) is 10.1. The monoisotopic (exact) mass is 525 g/mol. The zero-order valence-corrected chi connectivity index (χ0v) is 21.2. The molecule has 2 aromatic rings. The lowest BCUT2D eigenvalue weighted by molar-refractivity contribution is -0.118. The van der Waals surface area contributed by atoms with Gasteiger partial charge in [0.2, 0.25) is 0 Å². The Kier molecular flexibility index (Phi) is 9.36. The Morgan fingerprint density at radius 1 is 1.12 bits per heavy atom. The van der Waals surface area contributed by atoms with Crippen molar-refractivity contribution in [3.63, 3.8) is 0 Å². The molecule has 1 atom stereocenters. The summed E-state index contributed by atoms with van der Waals surface area (Å²) in [5, 5.41) is 6.02. The maximum absolute atomic E-state index is 13.2. The van der Waals surface area contributed by atoms with Crippen molar-refractivity contribution >= 4 is 45.2 Å². The average Bonchev–Trinajstić information content (AvgIpc) is 2.67. The van der Waals surface area contributed by atoms with Crippen LogP contribution >= 0.6 is 27.5 Å². The molecule has 9 heteroatoms. The Bertz CT molecular complexity index is 930. The Hall–Kier alpha value is -2.29. The van der Waals surface area contributed by atoms with Crippen LogP contribution in [-0.2, 0) is 9.53 Å². The van der Waals surface area contributed by atoms with E-state index in [2.05, 4.69) is 26.6 Å². The van der Waals surface area contributed by atoms with Gasteiger partial charge in [0, 0.05) is 16.0 Å². The topological polar surface area (TPSA) is 79.9 Å². The molecule has 2 aromatic carbocycles. The number of amides is 2. The third-order valence-electron chi connectivity index (χ3n) is 4.12. The lowest BCUT2D eigenvalue weighted by atomic mass is 10.1. The first-order chi connectivity index (χ1) is 14.9. The molecule has 0 saturated heterocycles. The highest BCUT2D eigenvalue weighted by atomic mass is 79.9. The molecule has 174 valence electrons. The van der Waals surface area contributed by atoms with Crippen molar-refractivity contribution in [2.75, 3.05) is 32.6 Å². The molecule has 0 aliphatic rings. The number of halogens is 2. The van der Waals surface area contributed by atoms with E-state index >= 15 is 0 Å². The van der Waals surface area contributed by atoms with Crippen LogP contribution in [0.1, 0.15) is 32.4 Å². The minimum absolute atomic E-state index is 0.446. The maximum Gasteiger partial charge on any atom is 0.408 e. The largest absolute Gasteiger partial charge is 0.490 e. The Labute approximate surface area is 202 Å². The maximum atomic E-state index is 13.2. The molecule has 2 rings (SSSR count). The first kappa shape index (κ1) is 26.0. The third kappa shape index (κ3) is 8.68. The number of anilines is 1. The quantitative estimate of drug-likeness (QED) is 0.491. The molecule has 0 fully saturated rings. The van der Waals surface area contributed by atoms with Gasteiger partial charge in [0.25, 0.3) is 5.91 Å². The second-order valence-electron chi connectivity index (χ2n) is 8.41. The van der Waals surface area contributed by atoms with Gasteiger partial charge in [0.1, 0.15) is 24.0 Å². The van der Waals surface area contributed by atoms with Crippen molar-refractivity contribution in [3.05, 3.63) is 57.5 Å². The van der Waals surface area contributed by atoms with Gasteiger partial charge in [-0.2, -0.15) is 0 Å². The Morgan fingerprint density at radius 2 is 1.78 bits per heavy atom. The highest BCUT2D eigenvalue weighted by molar-refractivity contribution is 9.10. The standard InChI is InChI=1S/C23H29BrClN3O4/c1-23(2,3)32-22(30)27-20(15-6-9-17(25)10-7-15)21(29)26-18-11-8-16(24)14-19(18)31-13-12-28(4)5/h6-11,14,20H,12-13H2,1-5H3,(H,26,29)(H,27,30). The van der Waals surface area contributed by atoms with E-state index in [9.17, 15) is 9.59 Å². The van der Waals surface area contributed by atoms with Gasteiger partial charge in [0.05, 0.1) is 5.69 Å². The number of hydrogen-bond donors (Lipinski definition) is 2. The Balaban J connectivity index is 2.26. The van der Waals surface area contributed by atoms with Crippen molar-refractivity contribution in [2.45, 2.75) is 32.4 Å². The van der Waals surface area contributed by atoms with Crippen LogP contribution in [0, 0.1) is 0 Å². The van der Waals surface area contributed by atoms with Crippen LogP contribution in [0.4, 0.5) is 10.5 Å². The molecule has 32 heavy (non-hydrogen) atoms. The molecule has 0 heterocycles. The number of nitrogens with one attached hydrogen (secondary N) is 2. The molecule has 0 aromatic heterocycles. The molecule has 0 spiro atoms. The van der Waals surface area contributed by atoms with Gasteiger partial charge < -0.3 is 25.0 Å². The molecular formula is C23H29BrClN3O4. The fraction of sp³-hybridized carbons (Fsp3) is 0.391. The number of rotatable bonds is 8. The van der Waals surface area contributed by atoms with Crippen molar-refractivity contribution in [1.82, 2.24) is 10.2 Å². The smallest absolute Gasteiger partial charge is 0.408 e. The van der Waals surface area contributed by atoms with E-state index in [1.165, 1.54) is 0 Å². The zero-order valence-electron chi connectivity index (χ0n) is 18.9. The van der Waals surface area contributed by atoms with Gasteiger partial charge in [-0.05, 0) is 70.8 Å². The summed E-state index contributed by atoms with van der Waals surface area (Å²) in [6.45, 7) is 6.42. The summed E-state index contributed by atoms with van der Waals surface area (Å²) in [5.74, 6) is 0.0691. The fourth-order valence-corrected chi connectivity index (χ4v) is 3.11. The van der Waals surface area contributed by atoms with Gasteiger partial charge in [-0.1, -0.05) is 39.7 Å². The lowest BCUT2D eigenvalue weighted by Crippen LogP contribution is -2.40. The van der Waals surface area contributed by atoms with Crippen LogP contribution in [0.25, 0.3) is 0 Å². The number of benzene rings is 2. The molecule has 0 aliphatic carbocycles. The van der Waals surface area contributed by atoms with E-state index in [1.807, 2.05) is 19.0 Å². The number of nitrogens with zero attached hydrogens (tertiary/aromatic N) is 1. The van der Waals surface area contributed by atoms with Gasteiger partial charge in [0.15, 0.2) is 0 Å². The number of carbonyl (C=O) groups excluding carboxylic acids is 2. The van der Waals surface area contributed by atoms with Crippen LogP contribution in [0.2, 0.25) is 5.02 Å². The van der Waals surface area contributed by atoms with Gasteiger partial charge in [-0.15, -0.1) is 0 Å². The molecule has 2 amide bonds. The second-order valence-corrected chi connectivity index (χ2v) is 9.76. The SMILES string of the molecule is CN(C)CCOc1cc(Br)ccc1NC(=O)C(NC(=O)OC(C)(C)C)c1ccc(Cl)cc1. The first-order valence-corrected chi connectivity index (χ1v) is 11.2. The zero-order chi connectivity index (χ0) is 23.9. The van der Waals surface area contributed by atoms with Gasteiger partial charge in [-0.25, -0.2) is 4.79 Å². The molecular weight excluding hydrogens is 498 g/mol. The molecule has 0 aliphatic heterocycles. The summed E-state index contributed by atoms with van der Waals surface area (Å²) in [7, 11) is 3.90. The van der Waals surface area contributed by atoms with Crippen LogP contribution in [-0.4, -0.2) is 49.7 Å². The van der Waals surface area contributed by atoms with E-state index < -0.39 is 23.6 Å². The van der Waals surface area contributed by atoms with Crippen LogP contribution in [0.15, 0.2) is 46.9 Å². The fourth-order valence-electron chi connectivity index (χ4n) is 2.64. The third-order valence-corrected chi connectivity index (χ3v) is 4.87. The molecule has 7 nitrogen and oxygen atoms in total. The van der Waals surface area contributed by atoms with Crippen molar-refractivity contribution in [1.29, 1.82) is 0 Å². The van der Waals surface area contributed by atoms with Gasteiger partial charge in [-0.3, -0.25) is 4.79 Å². The Morgan fingerprint density at radius 3 is 2.38 bits per heavy atom. The number of alkyl carbamates (subject to hydrolysis) is 1. The highest BCUT2D eigenvalue weighted by Gasteiger charge is 2.26. The van der Waals surface area contributed by atoms with E-state index in [4.69, 9.17) is 21.1 Å². The predicted molar refractivity (Wildman–Crippen MR) is 130 cm³/mol. The van der Waals surface area contributed by atoms with Crippen LogP contribution in [0.5, 0.6) is 5.75 Å². The van der Waals surface area contributed by atoms with Crippen LogP contribution < -0.4 is 15.4 Å². The van der Waals surface area contributed by atoms with Crippen molar-refractivity contribution < 1.29 is 19.1 Å². The normalized spacial score (nSPS) is 12.2. The minimum atomic E-state index is -1.000. The summed E-state index contributed by atoms with van der Waals surface area (Å²) in [5.41, 5.74) is 0.344. The van der Waals surface area contributed by atoms with Gasteiger partial charge >= 0.3 is 6.09 Å². The molecule has 0 saturated carbocycles. The lowest BCUT2D eigenvalue weighted by Gasteiger charge is -2.24. The van der Waals surface area contributed by atoms with E-state index in [0.717, 1.165) is 4.47 Å². The number of hydrogen-bond acceptors (Lipinski definition) is 5. The highest BCUT2D eigenvalue weighted by Crippen LogP contribution is 2.30. The molecule has 0 bridgehead atoms. The summed E-state index contributed by atoms with van der Waals surface area (Å²) in [4.78, 5) is 27.6. The number of carbonyl (C=O) groups is 2. The number of likely N-dealkylation sites (N-methyl/N-ethyl adjacent to an activating group) is 1. The number of ether oxygens (including phenoxy) is 2. The van der Waals surface area contributed by atoms with E-state index in [1.54, 1.807) is 63.2 Å². The van der Waals surface area contributed by atoms with E-state index in [0.29, 0.717) is 35.2 Å². The van der Waals surface area contributed by atoms with E-state index in [-0.39, 0.29) is 0 Å². The minimum Gasteiger partial charge on any atom is -0.490 e. The summed E-state index contributed by atoms with van der Waals surface area (Å²) >= 11 is 9.42. The van der Waals surface area contributed by atoms with Crippen LogP contribution in [0.3, 0.4) is 0 Å². The predicted octanol–water partition coefficient (Wildman–Crippen LogP) is 5.25. The van der Waals surface area contributed by atoms with Crippen molar-refractivity contribution in [2.24, 2.45) is 0 Å². The van der Waals surface area contributed by atoms with Crippen molar-refractivity contribution in [3.8, 4) is 5.75 Å². The molecule has 1 unspecified atom stereocenters.